The number of fused-ring (bicyclic) bond motifs is 1. The largest absolute Gasteiger partial charge is 0.299 e. The fourth-order valence-corrected chi connectivity index (χ4v) is 3.45. The van der Waals surface area contributed by atoms with E-state index >= 15 is 0 Å². The van der Waals surface area contributed by atoms with Crippen LogP contribution in [0.4, 0.5) is 0 Å². The topological polar surface area (TPSA) is 17.1 Å². The quantitative estimate of drug-likeness (QED) is 0.615. The van der Waals surface area contributed by atoms with Crippen molar-refractivity contribution < 1.29 is 4.79 Å². The molecular formula is C7H8Br2O. The zero-order valence-corrected chi connectivity index (χ0v) is 8.56. The maximum atomic E-state index is 11.0. The van der Waals surface area contributed by atoms with Crippen molar-refractivity contribution in [2.45, 2.75) is 22.5 Å². The van der Waals surface area contributed by atoms with Crippen LogP contribution in [0.2, 0.25) is 0 Å². The Hall–Kier alpha value is 0.630. The monoisotopic (exact) mass is 266 g/mol. The molecule has 2 aliphatic rings. The molecule has 1 nitrogen and oxygen atoms in total. The minimum absolute atomic E-state index is 0.383. The van der Waals surface area contributed by atoms with Gasteiger partial charge in [-0.05, 0) is 12.3 Å². The van der Waals surface area contributed by atoms with E-state index < -0.39 is 0 Å². The number of hydrogen-bond acceptors (Lipinski definition) is 1. The molecule has 0 aromatic rings. The van der Waals surface area contributed by atoms with Crippen LogP contribution < -0.4 is 0 Å². The van der Waals surface area contributed by atoms with Crippen LogP contribution in [0.5, 0.6) is 0 Å². The van der Waals surface area contributed by atoms with E-state index in [-0.39, 0.29) is 0 Å². The molecule has 0 aromatic carbocycles. The molecule has 2 rings (SSSR count). The number of ketones is 1. The van der Waals surface area contributed by atoms with E-state index in [4.69, 9.17) is 0 Å². The van der Waals surface area contributed by atoms with Gasteiger partial charge < -0.3 is 0 Å². The molecule has 0 spiro atoms. The third-order valence-electron chi connectivity index (χ3n) is 2.60. The third-order valence-corrected chi connectivity index (χ3v) is 5.57. The second kappa shape index (κ2) is 2.31. The molecule has 0 saturated heterocycles. The van der Waals surface area contributed by atoms with Crippen molar-refractivity contribution in [3.63, 3.8) is 0 Å². The van der Waals surface area contributed by atoms with E-state index in [0.29, 0.717) is 27.3 Å². The number of rotatable bonds is 0. The molecule has 0 radical (unpaired) electrons. The summed E-state index contributed by atoms with van der Waals surface area (Å²) in [6.07, 6.45) is 1.85. The summed E-state index contributed by atoms with van der Waals surface area (Å²) in [7, 11) is 0. The minimum atomic E-state index is 0.383. The van der Waals surface area contributed by atoms with Gasteiger partial charge in [-0.25, -0.2) is 0 Å². The van der Waals surface area contributed by atoms with Gasteiger partial charge in [-0.2, -0.15) is 0 Å². The molecule has 0 aliphatic heterocycles. The maximum Gasteiger partial charge on any atom is 0.136 e. The first kappa shape index (κ1) is 7.29. The molecule has 4 atom stereocenters. The molecule has 10 heavy (non-hydrogen) atoms. The Morgan fingerprint density at radius 3 is 2.50 bits per heavy atom. The molecule has 0 bridgehead atoms. The van der Waals surface area contributed by atoms with E-state index in [1.807, 2.05) is 0 Å². The lowest BCUT2D eigenvalue weighted by Crippen LogP contribution is -2.36. The lowest BCUT2D eigenvalue weighted by Gasteiger charge is -2.29. The smallest absolute Gasteiger partial charge is 0.136 e. The van der Waals surface area contributed by atoms with Crippen LogP contribution in [0.3, 0.4) is 0 Å². The predicted octanol–water partition coefficient (Wildman–Crippen LogP) is 2.12. The zero-order chi connectivity index (χ0) is 7.30. The number of hydrogen-bond donors (Lipinski definition) is 0. The molecule has 2 saturated carbocycles. The van der Waals surface area contributed by atoms with Gasteiger partial charge in [-0.1, -0.05) is 31.9 Å². The van der Waals surface area contributed by atoms with Gasteiger partial charge in [0.05, 0.1) is 0 Å². The van der Waals surface area contributed by atoms with Gasteiger partial charge in [0.2, 0.25) is 0 Å². The van der Waals surface area contributed by atoms with Crippen LogP contribution in [-0.2, 0) is 4.79 Å². The number of carbonyl (C=O) groups excluding carboxylic acids is 1. The fourth-order valence-electron chi connectivity index (χ4n) is 1.89. The minimum Gasteiger partial charge on any atom is -0.299 e. The average molecular weight is 268 g/mol. The zero-order valence-electron chi connectivity index (χ0n) is 5.39. The first-order valence-corrected chi connectivity index (χ1v) is 5.34. The van der Waals surface area contributed by atoms with Gasteiger partial charge in [-0.15, -0.1) is 0 Å². The first-order chi connectivity index (χ1) is 4.70. The summed E-state index contributed by atoms with van der Waals surface area (Å²) in [4.78, 5) is 12.0. The van der Waals surface area contributed by atoms with Crippen LogP contribution in [0, 0.1) is 11.8 Å². The molecule has 0 N–H and O–H groups in total. The maximum absolute atomic E-state index is 11.0. The molecule has 1 unspecified atom stereocenters. The lowest BCUT2D eigenvalue weighted by molar-refractivity contribution is -0.132. The van der Waals surface area contributed by atoms with Gasteiger partial charge in [0, 0.05) is 22.0 Å². The Kier molecular flexibility index (Phi) is 1.68. The highest BCUT2D eigenvalue weighted by molar-refractivity contribution is 9.12. The standard InChI is InChI=1S/C7H8Br2O/c8-5-1-3-4(7(5)9)2-6(3)10/h3-5,7H,1-2H2/t3-,4-,5?,7+/m1/s1. The van der Waals surface area contributed by atoms with Gasteiger partial charge in [0.25, 0.3) is 0 Å². The Balaban J connectivity index is 2.13. The Bertz CT molecular complexity index is 180. The summed E-state index contributed by atoms with van der Waals surface area (Å²) in [5.74, 6) is 1.49. The van der Waals surface area contributed by atoms with Crippen molar-refractivity contribution in [2.24, 2.45) is 11.8 Å². The van der Waals surface area contributed by atoms with E-state index in [1.165, 1.54) is 0 Å². The van der Waals surface area contributed by atoms with Crippen molar-refractivity contribution in [3.05, 3.63) is 0 Å². The summed E-state index contributed by atoms with van der Waals surface area (Å²) >= 11 is 7.14. The number of alkyl halides is 2. The van der Waals surface area contributed by atoms with Crippen LogP contribution in [0.25, 0.3) is 0 Å². The van der Waals surface area contributed by atoms with E-state index in [0.717, 1.165) is 12.8 Å². The predicted molar refractivity (Wildman–Crippen MR) is 46.7 cm³/mol. The van der Waals surface area contributed by atoms with Crippen molar-refractivity contribution in [1.29, 1.82) is 0 Å². The van der Waals surface area contributed by atoms with Crippen molar-refractivity contribution in [3.8, 4) is 0 Å². The third kappa shape index (κ3) is 0.828. The van der Waals surface area contributed by atoms with E-state index in [9.17, 15) is 4.79 Å². The molecule has 3 heteroatoms. The van der Waals surface area contributed by atoms with Crippen molar-refractivity contribution in [1.82, 2.24) is 0 Å². The van der Waals surface area contributed by atoms with Crippen LogP contribution in [0.15, 0.2) is 0 Å². The molecule has 0 amide bonds. The average Bonchev–Trinajstić information content (AvgIpc) is 2.12. The Morgan fingerprint density at radius 1 is 1.40 bits per heavy atom. The number of Topliss-reactive ketones (excluding diaryl/α,β-unsaturated/α-hetero) is 1. The normalized spacial score (nSPS) is 52.4. The lowest BCUT2D eigenvalue weighted by atomic mass is 9.75. The highest BCUT2D eigenvalue weighted by Gasteiger charge is 2.51. The van der Waals surface area contributed by atoms with E-state index in [1.54, 1.807) is 0 Å². The summed E-state index contributed by atoms with van der Waals surface area (Å²) in [5.41, 5.74) is 0. The van der Waals surface area contributed by atoms with Crippen LogP contribution in [-0.4, -0.2) is 15.4 Å². The van der Waals surface area contributed by atoms with Crippen LogP contribution in [0.1, 0.15) is 12.8 Å². The highest BCUT2D eigenvalue weighted by atomic mass is 79.9. The highest BCUT2D eigenvalue weighted by Crippen LogP contribution is 2.49. The van der Waals surface area contributed by atoms with Gasteiger partial charge in [0.15, 0.2) is 0 Å². The summed E-state index contributed by atoms with van der Waals surface area (Å²) in [6.45, 7) is 0. The van der Waals surface area contributed by atoms with Gasteiger partial charge >= 0.3 is 0 Å². The second-order valence-electron chi connectivity index (χ2n) is 3.14. The van der Waals surface area contributed by atoms with Crippen LogP contribution >= 0.6 is 31.9 Å². The summed E-state index contributed by atoms with van der Waals surface area (Å²) in [5, 5.41) is 0. The second-order valence-corrected chi connectivity index (χ2v) is 5.37. The molecule has 56 valence electrons. The summed E-state index contributed by atoms with van der Waals surface area (Å²) < 4.78 is 0. The van der Waals surface area contributed by atoms with E-state index in [2.05, 4.69) is 31.9 Å². The van der Waals surface area contributed by atoms with Gasteiger partial charge in [0.1, 0.15) is 5.78 Å². The Morgan fingerprint density at radius 2 is 2.10 bits per heavy atom. The Labute approximate surface area is 76.8 Å². The molecule has 2 aliphatic carbocycles. The SMILES string of the molecule is O=C1C[C@H]2[C@H](Br)C(Br)C[C@@H]12. The number of halogens is 2. The molecular weight excluding hydrogens is 260 g/mol. The summed E-state index contributed by atoms with van der Waals surface area (Å²) in [6, 6.07) is 0. The molecule has 0 aromatic heterocycles. The molecule has 0 heterocycles. The number of carbonyl (C=O) groups is 1. The van der Waals surface area contributed by atoms with Crippen molar-refractivity contribution in [2.75, 3.05) is 0 Å². The molecule has 2 fully saturated rings. The fraction of sp³-hybridized carbons (Fsp3) is 0.857. The van der Waals surface area contributed by atoms with Gasteiger partial charge in [-0.3, -0.25) is 4.79 Å². The first-order valence-electron chi connectivity index (χ1n) is 3.51. The van der Waals surface area contributed by atoms with Crippen molar-refractivity contribution >= 4 is 37.6 Å².